The molecule has 0 amide bonds. The van der Waals surface area contributed by atoms with Gasteiger partial charge < -0.3 is 47.9 Å². The summed E-state index contributed by atoms with van der Waals surface area (Å²) in [6, 6.07) is 13.2. The Balaban J connectivity index is 0.00000150. The molecule has 4 aliphatic rings. The Morgan fingerprint density at radius 1 is 0.482 bits per heavy atom. The van der Waals surface area contributed by atoms with Gasteiger partial charge in [-0.25, -0.2) is 17.6 Å². The Hall–Kier alpha value is -3.24. The molecule has 7 rings (SSSR count). The second kappa shape index (κ2) is 57.0. The van der Waals surface area contributed by atoms with Crippen molar-refractivity contribution in [2.45, 2.75) is 236 Å². The first-order valence-corrected chi connectivity index (χ1v) is 48.4. The topological polar surface area (TPSA) is 150 Å². The van der Waals surface area contributed by atoms with Crippen molar-refractivity contribution in [3.05, 3.63) is 175 Å². The summed E-state index contributed by atoms with van der Waals surface area (Å²) in [5.74, 6) is -2.63. The van der Waals surface area contributed by atoms with Crippen molar-refractivity contribution in [1.82, 2.24) is 0 Å². The van der Waals surface area contributed by atoms with Crippen molar-refractivity contribution in [3.63, 3.8) is 0 Å². The molecule has 4 saturated carbocycles. The molecule has 4 aliphatic carbocycles. The van der Waals surface area contributed by atoms with Crippen molar-refractivity contribution in [3.8, 4) is 17.2 Å². The number of unbranched alkanes of at least 4 members (excludes halogenated alkanes) is 4. The summed E-state index contributed by atoms with van der Waals surface area (Å²) in [6.45, 7) is 7.52. The van der Waals surface area contributed by atoms with Crippen molar-refractivity contribution in [1.29, 1.82) is 0 Å². The second-order valence-electron chi connectivity index (χ2n) is 27.8. The zero-order chi connectivity index (χ0) is 83.2. The van der Waals surface area contributed by atoms with Gasteiger partial charge in [-0.1, -0.05) is 151 Å². The van der Waals surface area contributed by atoms with Gasteiger partial charge in [-0.2, -0.15) is 39.5 Å². The maximum atomic E-state index is 14.6. The second-order valence-corrected chi connectivity index (χ2v) is 40.4. The third-order valence-electron chi connectivity index (χ3n) is 19.6. The normalized spacial score (nSPS) is 25.9. The van der Waals surface area contributed by atoms with Crippen molar-refractivity contribution < 1.29 is 124 Å². The molecule has 0 spiro atoms. The summed E-state index contributed by atoms with van der Waals surface area (Å²) in [4.78, 5) is 23.1. The molecule has 0 heterocycles. The molecular formula is C82H118F13I2O11P3V. The molecule has 0 aromatic heterocycles. The van der Waals surface area contributed by atoms with E-state index >= 15 is 0 Å². The fourth-order valence-corrected chi connectivity index (χ4v) is 14.7. The molecule has 30 heteroatoms. The van der Waals surface area contributed by atoms with Crippen LogP contribution in [0.4, 0.5) is 57.1 Å². The first-order chi connectivity index (χ1) is 53.4. The number of benzene rings is 3. The van der Waals surface area contributed by atoms with Crippen LogP contribution in [0.5, 0.6) is 17.2 Å². The number of aliphatic hydroxyl groups excluding tert-OH is 3. The predicted molar refractivity (Wildman–Crippen MR) is 445 cm³/mol. The van der Waals surface area contributed by atoms with E-state index in [9.17, 15) is 82.0 Å². The number of ketones is 1. The number of rotatable bonds is 39. The van der Waals surface area contributed by atoms with Gasteiger partial charge in [-0.15, -0.1) is 0 Å². The summed E-state index contributed by atoms with van der Waals surface area (Å²) < 4.78 is 204. The molecule has 637 valence electrons. The third-order valence-corrected chi connectivity index (χ3v) is 20.6. The van der Waals surface area contributed by atoms with Gasteiger partial charge >= 0.3 is 68.0 Å². The molecule has 21 atom stereocenters. The minimum absolute atomic E-state index is 0. The third kappa shape index (κ3) is 39.1. The van der Waals surface area contributed by atoms with E-state index in [0.29, 0.717) is 28.7 Å². The van der Waals surface area contributed by atoms with Crippen LogP contribution in [0, 0.1) is 47.3 Å². The molecule has 3 aromatic carbocycles. The van der Waals surface area contributed by atoms with E-state index in [0.717, 1.165) is 139 Å². The van der Waals surface area contributed by atoms with Crippen LogP contribution < -0.4 is 14.2 Å². The molecule has 3 aromatic rings. The fraction of sp³-hybridized carbons (Fsp3) is 0.585. The fourth-order valence-electron chi connectivity index (χ4n) is 13.7. The van der Waals surface area contributed by atoms with Crippen LogP contribution in [0.1, 0.15) is 177 Å². The van der Waals surface area contributed by atoms with E-state index in [1.165, 1.54) is 54.6 Å². The summed E-state index contributed by atoms with van der Waals surface area (Å²) >= 11 is 4.74. The van der Waals surface area contributed by atoms with E-state index in [-0.39, 0.29) is 89.6 Å². The number of ether oxygens (including phenoxy) is 3. The number of halogens is 15. The standard InChI is InChI=1S/C23H31F4O3P.C23H29F4O3P.C23H30F4O3.C13H22FO2P.2HI.V.3H2/c2*1-2-3-4-5-6-10-20-19(21(24)14-22(20)30-31)12-11-17(28)15-29-18-9-7-8-16(13-18)23(25,26)27;1-2-3-4-5-6-10-20-19(21(24)14-22(20)29)12-11-17(28)15-30-18-9-7-8-16(13-18)23(25,26)27;1-2-3-4-5-6-7-10-11(9-15)12(14)8-13(10)16-17;;;;;;/h4-5,7-9,11-13,17,19-22,28H,2-3,6,10,14-15,31H2,1H3;4-5,7-9,11-13,19-22H,2-3,6,10,14-15,31H2,1H3;4-5,7-9,11-13,17,19-22,28-29H,2-3,6,10,14-15H2,1H3;4-5,9-13H,2-3,6-8,17H2,1H3;2*1H;;3*1H/q;;;;;;+2;;;/p-2/b3*5-4-,12-11+;5-4-;;;;;;/t17?,19-,20-,21?,22?;19-,20-,21?,22?;17?,19-,20-,21?,22?;10-,11-,12?,13?;;;;;;/m1111....../s1/i;;;;;;;3*1+2. The number of hydrogen-bond donors (Lipinski definition) is 3. The van der Waals surface area contributed by atoms with E-state index in [1.807, 2.05) is 6.08 Å². The maximum absolute atomic E-state index is 14.6. The van der Waals surface area contributed by atoms with Crippen LogP contribution in [0.2, 0.25) is 0 Å². The Labute approximate surface area is 694 Å². The average molecular weight is 1930 g/mol. The van der Waals surface area contributed by atoms with E-state index in [1.54, 1.807) is 18.2 Å². The van der Waals surface area contributed by atoms with Crippen LogP contribution in [0.25, 0.3) is 0 Å². The molecule has 13 unspecified atom stereocenters. The Kier molecular flexibility index (Phi) is 52.4. The number of alkyl halides is 13. The number of hydrogen-bond acceptors (Lipinski definition) is 11. The van der Waals surface area contributed by atoms with E-state index in [2.05, 4.69) is 139 Å². The first kappa shape index (κ1) is 103. The molecule has 0 bridgehead atoms. The monoisotopic (exact) mass is 1930 g/mol. The molecule has 3 N–H and O–H groups in total. The number of carbonyl (C=O) groups is 2. The SMILES string of the molecule is CCC/C=C\CC[C@H]1C(O)CC(F)[C@@H]1/C=C/C(O)COc1cccc(C(F)(F)F)c1.CCC/C=C\CC[C@H]1C(OP)CC(F)[C@@H]1/C=C/C(=O)COc1cccc(C(F)(F)F)c1.CCC/C=C\CC[C@H]1C(OP)CC(F)[C@@H]1/C=C/C(O)COc1cccc(C(F)(F)F)c1.CCC/C=C\CC[C@H]1C(OP)CC(F)[C@@H]1C=O.[3HH].[3HH].[3HH].[I][V][I]. The number of allylic oxidation sites excluding steroid dienone is 11. The Morgan fingerprint density at radius 3 is 1.11 bits per heavy atom. The molecule has 4 fully saturated rings. The summed E-state index contributed by atoms with van der Waals surface area (Å²) in [5, 5.41) is 30.4. The van der Waals surface area contributed by atoms with Gasteiger partial charge in [0.2, 0.25) is 0 Å². The number of aliphatic hydroxyl groups is 3. The first-order valence-electron chi connectivity index (χ1n) is 38.0. The number of carbonyl (C=O) groups excluding carboxylic acids is 2. The van der Waals surface area contributed by atoms with Gasteiger partial charge in [0, 0.05) is 76.1 Å². The van der Waals surface area contributed by atoms with Crippen molar-refractivity contribution >= 4 is 80.4 Å². The van der Waals surface area contributed by atoms with Gasteiger partial charge in [-0.05, 0) is 161 Å². The summed E-state index contributed by atoms with van der Waals surface area (Å²) in [5.41, 5.74) is -2.50. The average Bonchev–Trinajstić information content (AvgIpc) is 1.83. The van der Waals surface area contributed by atoms with Crippen LogP contribution in [-0.2, 0) is 51.2 Å². The van der Waals surface area contributed by atoms with Crippen LogP contribution in [-0.4, -0.2) is 109 Å². The Bertz CT molecular complexity index is 3320. The molecule has 0 radical (unpaired) electrons. The zero-order valence-electron chi connectivity index (χ0n) is 63.7. The zero-order valence-corrected chi connectivity index (χ0v) is 72.9. The summed E-state index contributed by atoms with van der Waals surface area (Å²) in [6.07, 6.45) is 20.7. The molecule has 11 nitrogen and oxygen atoms in total. The van der Waals surface area contributed by atoms with Gasteiger partial charge in [0.05, 0.1) is 47.0 Å². The van der Waals surface area contributed by atoms with Gasteiger partial charge in [0.15, 0.2) is 12.4 Å². The summed E-state index contributed by atoms with van der Waals surface area (Å²) in [7, 11) is 7.23. The van der Waals surface area contributed by atoms with Crippen molar-refractivity contribution in [2.75, 3.05) is 19.8 Å². The predicted octanol–water partition coefficient (Wildman–Crippen LogP) is 24.2. The molecule has 0 aliphatic heterocycles. The van der Waals surface area contributed by atoms with Gasteiger partial charge in [-0.3, -0.25) is 4.79 Å². The molecule has 0 saturated heterocycles. The number of aldehydes is 1. The van der Waals surface area contributed by atoms with Gasteiger partial charge in [0.25, 0.3) is 0 Å². The van der Waals surface area contributed by atoms with Crippen LogP contribution in [0.15, 0.2) is 158 Å². The molecular weight excluding hydrogens is 1810 g/mol. The quantitative estimate of drug-likeness (QED) is 0.0125. The van der Waals surface area contributed by atoms with Crippen LogP contribution >= 0.6 is 68.4 Å². The van der Waals surface area contributed by atoms with Crippen LogP contribution in [0.3, 0.4) is 0 Å². The van der Waals surface area contributed by atoms with Gasteiger partial charge in [0.1, 0.15) is 73.6 Å². The van der Waals surface area contributed by atoms with E-state index < -0.39 is 114 Å². The van der Waals surface area contributed by atoms with E-state index in [4.69, 9.17) is 27.8 Å². The van der Waals surface area contributed by atoms with Crippen molar-refractivity contribution in [2.24, 2.45) is 47.3 Å². The minimum atomic E-state index is -4.49. The molecule has 112 heavy (non-hydrogen) atoms. The Morgan fingerprint density at radius 2 is 0.777 bits per heavy atom.